The van der Waals surface area contributed by atoms with Gasteiger partial charge in [0.25, 0.3) is 0 Å². The zero-order valence-corrected chi connectivity index (χ0v) is 17.4. The summed E-state index contributed by atoms with van der Waals surface area (Å²) in [6, 6.07) is 10.4. The lowest BCUT2D eigenvalue weighted by molar-refractivity contribution is 0.486. The van der Waals surface area contributed by atoms with Gasteiger partial charge in [-0.25, -0.2) is 33.1 Å². The minimum atomic E-state index is -1.26. The molecule has 3 heterocycles. The van der Waals surface area contributed by atoms with E-state index in [2.05, 4.69) is 47.3 Å². The largest absolute Gasteiger partial charge is 0.350 e. The number of aromatic nitrogens is 6. The van der Waals surface area contributed by atoms with Crippen molar-refractivity contribution in [2.75, 3.05) is 5.32 Å². The first-order valence-electron chi connectivity index (χ1n) is 10.0. The van der Waals surface area contributed by atoms with Gasteiger partial charge in [0.1, 0.15) is 17.2 Å². The fraction of sp³-hybridized carbons (Fsp3) is 0.0417. The van der Waals surface area contributed by atoms with E-state index in [1.807, 2.05) is 18.2 Å². The summed E-state index contributed by atoms with van der Waals surface area (Å²) in [6.07, 6.45) is 4.75. The third-order valence-electron chi connectivity index (χ3n) is 4.82. The highest BCUT2D eigenvalue weighted by molar-refractivity contribution is 5.79. The molecule has 0 saturated carbocycles. The van der Waals surface area contributed by atoms with Crippen LogP contribution in [0, 0.1) is 29.3 Å². The van der Waals surface area contributed by atoms with Crippen LogP contribution in [0.4, 0.5) is 19.1 Å². The molecule has 0 bridgehead atoms. The number of benzene rings is 2. The minimum absolute atomic E-state index is 0.120. The van der Waals surface area contributed by atoms with E-state index in [0.717, 1.165) is 22.5 Å². The molecule has 0 atom stereocenters. The highest BCUT2D eigenvalue weighted by atomic mass is 19.2. The Kier molecular flexibility index (Phi) is 5.58. The van der Waals surface area contributed by atoms with Crippen LogP contribution in [0.25, 0.3) is 22.4 Å². The Morgan fingerprint density at radius 3 is 2.71 bits per heavy atom. The van der Waals surface area contributed by atoms with Crippen LogP contribution in [0.5, 0.6) is 0 Å². The molecule has 0 aliphatic rings. The second-order valence-corrected chi connectivity index (χ2v) is 7.17. The minimum Gasteiger partial charge on any atom is -0.350 e. The second kappa shape index (κ2) is 8.99. The average Bonchev–Trinajstić information content (AvgIpc) is 3.32. The van der Waals surface area contributed by atoms with Crippen molar-refractivity contribution in [3.63, 3.8) is 0 Å². The Morgan fingerprint density at radius 1 is 0.912 bits per heavy atom. The Hall–Kier alpha value is -4.78. The van der Waals surface area contributed by atoms with Crippen LogP contribution in [0.3, 0.4) is 0 Å². The summed E-state index contributed by atoms with van der Waals surface area (Å²) >= 11 is 0. The van der Waals surface area contributed by atoms with E-state index in [1.165, 1.54) is 6.20 Å². The van der Waals surface area contributed by atoms with Crippen LogP contribution < -0.4 is 5.32 Å². The smallest absolute Gasteiger partial charge is 0.223 e. The fourth-order valence-corrected chi connectivity index (χ4v) is 3.19. The van der Waals surface area contributed by atoms with E-state index in [4.69, 9.17) is 0 Å². The first kappa shape index (κ1) is 21.1. The molecule has 0 aliphatic carbocycles. The maximum absolute atomic E-state index is 13.9. The van der Waals surface area contributed by atoms with E-state index in [1.54, 1.807) is 24.5 Å². The van der Waals surface area contributed by atoms with Crippen molar-refractivity contribution in [1.29, 1.82) is 0 Å². The molecule has 2 N–H and O–H groups in total. The summed E-state index contributed by atoms with van der Waals surface area (Å²) in [5.41, 5.74) is 2.43. The molecule has 10 heteroatoms. The van der Waals surface area contributed by atoms with Crippen molar-refractivity contribution < 1.29 is 13.2 Å². The second-order valence-electron chi connectivity index (χ2n) is 7.17. The number of nitrogens with zero attached hydrogens (tertiary/aromatic N) is 5. The number of nitrogens with one attached hydrogen (secondary N) is 2. The third kappa shape index (κ3) is 4.54. The summed E-state index contributed by atoms with van der Waals surface area (Å²) in [7, 11) is 0. The number of hydrogen-bond donors (Lipinski definition) is 2. The maximum atomic E-state index is 13.9. The molecule has 7 nitrogen and oxygen atoms in total. The van der Waals surface area contributed by atoms with Gasteiger partial charge in [0.2, 0.25) is 5.95 Å². The number of H-pyrrole nitrogens is 1. The number of hydrogen-bond acceptors (Lipinski definition) is 6. The maximum Gasteiger partial charge on any atom is 0.223 e. The van der Waals surface area contributed by atoms with Gasteiger partial charge in [-0.05, 0) is 42.3 Å². The Morgan fingerprint density at radius 2 is 1.79 bits per heavy atom. The molecule has 0 radical (unpaired) electrons. The number of aromatic amines is 1. The van der Waals surface area contributed by atoms with Crippen molar-refractivity contribution in [3.05, 3.63) is 95.3 Å². The van der Waals surface area contributed by atoms with Gasteiger partial charge in [-0.15, -0.1) is 0 Å². The Balaban J connectivity index is 1.35. The number of halogens is 3. The molecule has 0 fully saturated rings. The molecule has 0 unspecified atom stereocenters. The molecule has 3 aromatic heterocycles. The monoisotopic (exact) mass is 457 g/mol. The molecule has 0 saturated heterocycles. The SMILES string of the molecule is Fc1cc(F)c(F)c(CNc2nccc(-c3nccc(C#Cc4ccc5[nH]ncc5c4)n3)n2)c1. The number of rotatable bonds is 4. The zero-order chi connectivity index (χ0) is 23.5. The van der Waals surface area contributed by atoms with E-state index in [-0.39, 0.29) is 18.1 Å². The van der Waals surface area contributed by atoms with Crippen LogP contribution in [-0.2, 0) is 6.54 Å². The predicted octanol–water partition coefficient (Wildman–Crippen LogP) is 4.24. The molecule has 166 valence electrons. The van der Waals surface area contributed by atoms with Crippen molar-refractivity contribution in [3.8, 4) is 23.4 Å². The van der Waals surface area contributed by atoms with E-state index >= 15 is 0 Å². The van der Waals surface area contributed by atoms with Gasteiger partial charge in [-0.3, -0.25) is 5.10 Å². The van der Waals surface area contributed by atoms with E-state index in [0.29, 0.717) is 23.3 Å². The van der Waals surface area contributed by atoms with Gasteiger partial charge in [0.05, 0.1) is 11.7 Å². The summed E-state index contributed by atoms with van der Waals surface area (Å²) < 4.78 is 40.7. The quantitative estimate of drug-likeness (QED) is 0.310. The molecule has 0 aliphatic heterocycles. The van der Waals surface area contributed by atoms with Gasteiger partial charge in [-0.1, -0.05) is 5.92 Å². The van der Waals surface area contributed by atoms with Gasteiger partial charge < -0.3 is 5.32 Å². The highest BCUT2D eigenvalue weighted by Crippen LogP contribution is 2.17. The van der Waals surface area contributed by atoms with Crippen LogP contribution >= 0.6 is 0 Å². The van der Waals surface area contributed by atoms with Gasteiger partial charge in [-0.2, -0.15) is 5.10 Å². The fourth-order valence-electron chi connectivity index (χ4n) is 3.19. The molecule has 0 spiro atoms. The topological polar surface area (TPSA) is 92.3 Å². The molecule has 0 amide bonds. The summed E-state index contributed by atoms with van der Waals surface area (Å²) in [6.45, 7) is -0.211. The van der Waals surface area contributed by atoms with Gasteiger partial charge in [0.15, 0.2) is 17.5 Å². The van der Waals surface area contributed by atoms with E-state index < -0.39 is 17.5 Å². The van der Waals surface area contributed by atoms with Crippen LogP contribution in [0.15, 0.2) is 61.1 Å². The first-order chi connectivity index (χ1) is 16.5. The molecule has 34 heavy (non-hydrogen) atoms. The number of anilines is 1. The lowest BCUT2D eigenvalue weighted by Crippen LogP contribution is -2.07. The molecule has 5 aromatic rings. The van der Waals surface area contributed by atoms with Crippen molar-refractivity contribution in [2.24, 2.45) is 0 Å². The standard InChI is InChI=1S/C24H14F3N7/c25-17-10-16(22(27)19(26)11-17)12-30-24-29-8-6-21(33-24)23-28-7-5-18(32-23)3-1-14-2-4-20-15(9-14)13-31-34-20/h2,4-11,13H,12H2,(H,31,34)(H,29,30,33). The zero-order valence-electron chi connectivity index (χ0n) is 17.4. The normalized spacial score (nSPS) is 10.7. The highest BCUT2D eigenvalue weighted by Gasteiger charge is 2.12. The Labute approximate surface area is 191 Å². The van der Waals surface area contributed by atoms with Crippen LogP contribution in [-0.4, -0.2) is 30.1 Å². The van der Waals surface area contributed by atoms with E-state index in [9.17, 15) is 13.2 Å². The van der Waals surface area contributed by atoms with Crippen LogP contribution in [0.2, 0.25) is 0 Å². The first-order valence-corrected chi connectivity index (χ1v) is 10.0. The predicted molar refractivity (Wildman–Crippen MR) is 119 cm³/mol. The third-order valence-corrected chi connectivity index (χ3v) is 4.82. The summed E-state index contributed by atoms with van der Waals surface area (Å²) in [4.78, 5) is 17.0. The van der Waals surface area contributed by atoms with Crippen LogP contribution in [0.1, 0.15) is 16.8 Å². The summed E-state index contributed by atoms with van der Waals surface area (Å²) in [5, 5.41) is 10.6. The lowest BCUT2D eigenvalue weighted by Gasteiger charge is -2.08. The number of fused-ring (bicyclic) bond motifs is 1. The van der Waals surface area contributed by atoms with Crippen molar-refractivity contribution >= 4 is 16.9 Å². The Bertz CT molecular complexity index is 1570. The van der Waals surface area contributed by atoms with Crippen molar-refractivity contribution in [2.45, 2.75) is 6.54 Å². The lowest BCUT2D eigenvalue weighted by atomic mass is 10.1. The molecular weight excluding hydrogens is 443 g/mol. The average molecular weight is 457 g/mol. The summed E-state index contributed by atoms with van der Waals surface area (Å²) in [5.74, 6) is 3.23. The molecule has 5 rings (SSSR count). The molecule has 2 aromatic carbocycles. The van der Waals surface area contributed by atoms with Gasteiger partial charge in [0, 0.05) is 41.5 Å². The van der Waals surface area contributed by atoms with Crippen molar-refractivity contribution in [1.82, 2.24) is 30.1 Å². The molecular formula is C24H14F3N7. The van der Waals surface area contributed by atoms with Gasteiger partial charge >= 0.3 is 0 Å².